The molecule has 0 aromatic rings. The average molecular weight is 227 g/mol. The summed E-state index contributed by atoms with van der Waals surface area (Å²) in [6.07, 6.45) is 5.34. The Balaban J connectivity index is 2.22. The van der Waals surface area contributed by atoms with Crippen LogP contribution in [0.5, 0.6) is 0 Å². The van der Waals surface area contributed by atoms with Crippen LogP contribution in [-0.4, -0.2) is 38.3 Å². The van der Waals surface area contributed by atoms with Gasteiger partial charge in [-0.25, -0.2) is 0 Å². The second-order valence-corrected chi connectivity index (χ2v) is 6.00. The molecular formula is C14H29NO. The van der Waals surface area contributed by atoms with Crippen molar-refractivity contribution in [2.24, 2.45) is 11.3 Å². The second kappa shape index (κ2) is 6.61. The van der Waals surface area contributed by atoms with Gasteiger partial charge in [0.1, 0.15) is 0 Å². The molecular weight excluding hydrogens is 198 g/mol. The van der Waals surface area contributed by atoms with Crippen molar-refractivity contribution < 1.29 is 4.74 Å². The van der Waals surface area contributed by atoms with Crippen molar-refractivity contribution in [2.75, 3.05) is 33.4 Å². The Hall–Kier alpha value is -0.0800. The molecule has 1 aliphatic rings. The van der Waals surface area contributed by atoms with E-state index in [1.807, 2.05) is 0 Å². The molecule has 0 spiro atoms. The molecule has 0 aromatic carbocycles. The van der Waals surface area contributed by atoms with Crippen LogP contribution < -0.4 is 0 Å². The van der Waals surface area contributed by atoms with Crippen molar-refractivity contribution in [3.05, 3.63) is 0 Å². The van der Waals surface area contributed by atoms with E-state index in [0.29, 0.717) is 5.41 Å². The molecule has 1 rings (SSSR count). The maximum Gasteiger partial charge on any atom is 0.0545 e. The van der Waals surface area contributed by atoms with E-state index in [2.05, 4.69) is 32.7 Å². The molecule has 0 N–H and O–H groups in total. The van der Waals surface area contributed by atoms with Gasteiger partial charge >= 0.3 is 0 Å². The minimum absolute atomic E-state index is 0.529. The molecule has 0 aromatic heterocycles. The Morgan fingerprint density at radius 1 is 1.25 bits per heavy atom. The summed E-state index contributed by atoms with van der Waals surface area (Å²) in [7, 11) is 2.24. The van der Waals surface area contributed by atoms with Crippen LogP contribution in [0.1, 0.15) is 46.5 Å². The van der Waals surface area contributed by atoms with Crippen LogP contribution in [0.4, 0.5) is 0 Å². The summed E-state index contributed by atoms with van der Waals surface area (Å²) in [6, 6.07) is 0. The molecule has 16 heavy (non-hydrogen) atoms. The minimum Gasteiger partial charge on any atom is -0.380 e. The Kier molecular flexibility index (Phi) is 5.77. The lowest BCUT2D eigenvalue weighted by molar-refractivity contribution is -0.125. The summed E-state index contributed by atoms with van der Waals surface area (Å²) >= 11 is 0. The molecule has 0 amide bonds. The third kappa shape index (κ3) is 4.42. The van der Waals surface area contributed by atoms with Gasteiger partial charge in [0.2, 0.25) is 0 Å². The molecule has 0 radical (unpaired) electrons. The summed E-state index contributed by atoms with van der Waals surface area (Å²) in [4.78, 5) is 2.47. The number of ether oxygens (including phenoxy) is 1. The first kappa shape index (κ1) is 14.0. The van der Waals surface area contributed by atoms with Gasteiger partial charge in [-0.1, -0.05) is 33.6 Å². The smallest absolute Gasteiger partial charge is 0.0545 e. The van der Waals surface area contributed by atoms with E-state index in [9.17, 15) is 0 Å². The van der Waals surface area contributed by atoms with E-state index >= 15 is 0 Å². The number of nitrogens with zero attached hydrogens (tertiary/aromatic N) is 1. The Morgan fingerprint density at radius 2 is 1.94 bits per heavy atom. The molecule has 2 heteroatoms. The summed E-state index contributed by atoms with van der Waals surface area (Å²) in [5.41, 5.74) is 0.529. The minimum atomic E-state index is 0.529. The zero-order valence-electron chi connectivity index (χ0n) is 11.6. The lowest BCUT2D eigenvalue weighted by Crippen LogP contribution is -2.44. The van der Waals surface area contributed by atoms with Crippen molar-refractivity contribution in [1.82, 2.24) is 4.90 Å². The number of hydrogen-bond acceptors (Lipinski definition) is 2. The number of unbranched alkanes of at least 4 members (excludes halogenated alkanes) is 1. The van der Waals surface area contributed by atoms with Crippen molar-refractivity contribution in [3.63, 3.8) is 0 Å². The Labute approximate surface area is 101 Å². The summed E-state index contributed by atoms with van der Waals surface area (Å²) in [5, 5.41) is 0. The molecule has 0 saturated carbocycles. The van der Waals surface area contributed by atoms with Gasteiger partial charge < -0.3 is 9.64 Å². The standard InChI is InChI=1S/C14H29NO/c1-5-6-7-14(11-16-12-14)8-9-15(4)10-13(2)3/h13H,5-12H2,1-4H3. The van der Waals surface area contributed by atoms with Crippen LogP contribution in [0, 0.1) is 11.3 Å². The van der Waals surface area contributed by atoms with Gasteiger partial charge in [-0.15, -0.1) is 0 Å². The quantitative estimate of drug-likeness (QED) is 0.631. The average Bonchev–Trinajstić information content (AvgIpc) is 2.14. The maximum absolute atomic E-state index is 5.43. The van der Waals surface area contributed by atoms with E-state index in [4.69, 9.17) is 4.74 Å². The molecule has 1 fully saturated rings. The summed E-state index contributed by atoms with van der Waals surface area (Å²) in [6.45, 7) is 11.3. The van der Waals surface area contributed by atoms with Gasteiger partial charge in [0, 0.05) is 12.0 Å². The lowest BCUT2D eigenvalue weighted by Gasteiger charge is -2.42. The Morgan fingerprint density at radius 3 is 2.38 bits per heavy atom. The highest BCUT2D eigenvalue weighted by atomic mass is 16.5. The summed E-state index contributed by atoms with van der Waals surface area (Å²) < 4.78 is 5.43. The molecule has 0 atom stereocenters. The molecule has 0 aliphatic carbocycles. The highest BCUT2D eigenvalue weighted by molar-refractivity contribution is 4.86. The first-order valence-corrected chi connectivity index (χ1v) is 6.84. The van der Waals surface area contributed by atoms with Gasteiger partial charge in [0.15, 0.2) is 0 Å². The fourth-order valence-electron chi connectivity index (χ4n) is 2.50. The lowest BCUT2D eigenvalue weighted by atomic mass is 9.78. The zero-order chi connectivity index (χ0) is 12.0. The van der Waals surface area contributed by atoms with Crippen LogP contribution in [0.25, 0.3) is 0 Å². The predicted octanol–water partition coefficient (Wildman–Crippen LogP) is 3.17. The van der Waals surface area contributed by atoms with Gasteiger partial charge in [-0.2, -0.15) is 0 Å². The van der Waals surface area contributed by atoms with Crippen LogP contribution in [0.2, 0.25) is 0 Å². The second-order valence-electron chi connectivity index (χ2n) is 6.00. The van der Waals surface area contributed by atoms with E-state index in [0.717, 1.165) is 19.1 Å². The molecule has 0 unspecified atom stereocenters. The van der Waals surface area contributed by atoms with Gasteiger partial charge in [0.25, 0.3) is 0 Å². The zero-order valence-corrected chi connectivity index (χ0v) is 11.6. The van der Waals surface area contributed by atoms with E-state index < -0.39 is 0 Å². The first-order chi connectivity index (χ1) is 7.58. The predicted molar refractivity (Wildman–Crippen MR) is 69.7 cm³/mol. The molecule has 96 valence electrons. The highest BCUT2D eigenvalue weighted by Crippen LogP contribution is 2.36. The third-order valence-electron chi connectivity index (χ3n) is 3.58. The van der Waals surface area contributed by atoms with Crippen LogP contribution >= 0.6 is 0 Å². The molecule has 1 heterocycles. The SMILES string of the molecule is CCCCC1(CCN(C)CC(C)C)COC1. The highest BCUT2D eigenvalue weighted by Gasteiger charge is 2.37. The van der Waals surface area contributed by atoms with Crippen molar-refractivity contribution in [1.29, 1.82) is 0 Å². The van der Waals surface area contributed by atoms with E-state index in [-0.39, 0.29) is 0 Å². The van der Waals surface area contributed by atoms with Crippen molar-refractivity contribution in [3.8, 4) is 0 Å². The number of rotatable bonds is 8. The van der Waals surface area contributed by atoms with Gasteiger partial charge in [-0.3, -0.25) is 0 Å². The normalized spacial score (nSPS) is 19.1. The van der Waals surface area contributed by atoms with Crippen LogP contribution in [0.3, 0.4) is 0 Å². The molecule has 1 aliphatic heterocycles. The van der Waals surface area contributed by atoms with E-state index in [1.54, 1.807) is 0 Å². The topological polar surface area (TPSA) is 12.5 Å². The van der Waals surface area contributed by atoms with E-state index in [1.165, 1.54) is 38.8 Å². The van der Waals surface area contributed by atoms with Gasteiger partial charge in [-0.05, 0) is 32.4 Å². The molecule has 1 saturated heterocycles. The largest absolute Gasteiger partial charge is 0.380 e. The van der Waals surface area contributed by atoms with Crippen LogP contribution in [-0.2, 0) is 4.74 Å². The molecule has 0 bridgehead atoms. The molecule has 2 nitrogen and oxygen atoms in total. The Bertz CT molecular complexity index is 187. The van der Waals surface area contributed by atoms with Crippen molar-refractivity contribution >= 4 is 0 Å². The maximum atomic E-state index is 5.43. The van der Waals surface area contributed by atoms with Gasteiger partial charge in [0.05, 0.1) is 13.2 Å². The van der Waals surface area contributed by atoms with Crippen molar-refractivity contribution in [2.45, 2.75) is 46.5 Å². The third-order valence-corrected chi connectivity index (χ3v) is 3.58. The summed E-state index contributed by atoms with van der Waals surface area (Å²) in [5.74, 6) is 0.772. The number of hydrogen-bond donors (Lipinski definition) is 0. The fourth-order valence-corrected chi connectivity index (χ4v) is 2.50. The monoisotopic (exact) mass is 227 g/mol. The fraction of sp³-hybridized carbons (Fsp3) is 1.00. The first-order valence-electron chi connectivity index (χ1n) is 6.84. The van der Waals surface area contributed by atoms with Crippen LogP contribution in [0.15, 0.2) is 0 Å².